The molecular weight excluding hydrogens is 320 g/mol. The van der Waals surface area contributed by atoms with Crippen LogP contribution in [-0.2, 0) is 5.75 Å². The fraction of sp³-hybridized carbons (Fsp3) is 0.263. The fourth-order valence-electron chi connectivity index (χ4n) is 2.30. The molecule has 0 aliphatic heterocycles. The molecule has 24 heavy (non-hydrogen) atoms. The van der Waals surface area contributed by atoms with Crippen LogP contribution < -0.4 is 10.5 Å². The first-order valence-electron chi connectivity index (χ1n) is 7.70. The smallest absolute Gasteiger partial charge is 0.159 e. The molecule has 2 aromatic rings. The number of hydrogen-bond acceptors (Lipinski definition) is 4. The molecule has 0 spiro atoms. The molecule has 0 fully saturated rings. The van der Waals surface area contributed by atoms with Gasteiger partial charge in [-0.2, -0.15) is 0 Å². The first-order chi connectivity index (χ1) is 11.5. The number of hydrogen-bond donors (Lipinski definition) is 1. The van der Waals surface area contributed by atoms with Gasteiger partial charge in [-0.1, -0.05) is 42.1 Å². The van der Waals surface area contributed by atoms with Crippen LogP contribution in [0.1, 0.15) is 41.4 Å². The predicted octanol–water partition coefficient (Wildman–Crippen LogP) is 4.21. The second-order valence-corrected chi connectivity index (χ2v) is 6.42. The first-order valence-corrected chi connectivity index (χ1v) is 8.68. The van der Waals surface area contributed by atoms with Crippen molar-refractivity contribution in [2.75, 3.05) is 7.11 Å². The van der Waals surface area contributed by atoms with Gasteiger partial charge in [-0.3, -0.25) is 9.79 Å². The lowest BCUT2D eigenvalue weighted by Gasteiger charge is -2.11. The van der Waals surface area contributed by atoms with E-state index in [0.717, 1.165) is 16.9 Å². The zero-order valence-corrected chi connectivity index (χ0v) is 15.0. The van der Waals surface area contributed by atoms with E-state index in [1.54, 1.807) is 20.1 Å². The largest absolute Gasteiger partial charge is 0.496 e. The molecule has 0 amide bonds. The summed E-state index contributed by atoms with van der Waals surface area (Å²) in [4.78, 5) is 16.1. The molecule has 0 aromatic heterocycles. The average Bonchev–Trinajstić information content (AvgIpc) is 2.60. The average molecular weight is 342 g/mol. The zero-order valence-electron chi connectivity index (χ0n) is 14.2. The maximum absolute atomic E-state index is 11.5. The molecule has 0 radical (unpaired) electrons. The van der Waals surface area contributed by atoms with Crippen LogP contribution in [0.3, 0.4) is 0 Å². The summed E-state index contributed by atoms with van der Waals surface area (Å²) in [5.74, 6) is 1.38. The second-order valence-electron chi connectivity index (χ2n) is 5.43. The van der Waals surface area contributed by atoms with Crippen LogP contribution in [0.5, 0.6) is 5.75 Å². The zero-order chi connectivity index (χ0) is 17.5. The highest BCUT2D eigenvalue weighted by Gasteiger charge is 2.09. The van der Waals surface area contributed by atoms with Crippen LogP contribution >= 0.6 is 11.8 Å². The van der Waals surface area contributed by atoms with E-state index >= 15 is 0 Å². The molecule has 126 valence electrons. The highest BCUT2D eigenvalue weighted by atomic mass is 32.2. The minimum atomic E-state index is 0.00384. The molecule has 0 heterocycles. The maximum atomic E-state index is 11.5. The van der Waals surface area contributed by atoms with Crippen molar-refractivity contribution in [1.82, 2.24) is 0 Å². The van der Waals surface area contributed by atoms with E-state index in [-0.39, 0.29) is 11.8 Å². The number of thioether (sulfide) groups is 1. The van der Waals surface area contributed by atoms with Crippen molar-refractivity contribution in [3.8, 4) is 5.75 Å². The van der Waals surface area contributed by atoms with Crippen molar-refractivity contribution in [2.24, 2.45) is 10.7 Å². The molecule has 1 atom stereocenters. The predicted molar refractivity (Wildman–Crippen MR) is 101 cm³/mol. The summed E-state index contributed by atoms with van der Waals surface area (Å²) in [7, 11) is 1.62. The van der Waals surface area contributed by atoms with E-state index in [0.29, 0.717) is 16.5 Å². The summed E-state index contributed by atoms with van der Waals surface area (Å²) in [5.41, 5.74) is 8.77. The number of amidine groups is 1. The third-order valence-corrected chi connectivity index (χ3v) is 4.52. The second kappa shape index (κ2) is 8.55. The molecule has 0 aliphatic carbocycles. The SMILES string of the molecule is COc1ccc(C(C)=O)cc1CSC(N)=N[C@@H](C)c1ccccc1. The van der Waals surface area contributed by atoms with Crippen LogP contribution in [0, 0.1) is 0 Å². The van der Waals surface area contributed by atoms with E-state index < -0.39 is 0 Å². The number of Topliss-reactive ketones (excluding diaryl/α,β-unsaturated/α-hetero) is 1. The molecule has 5 heteroatoms. The van der Waals surface area contributed by atoms with Crippen molar-refractivity contribution < 1.29 is 9.53 Å². The summed E-state index contributed by atoms with van der Waals surface area (Å²) in [6.45, 7) is 3.57. The Morgan fingerprint density at radius 1 is 1.25 bits per heavy atom. The maximum Gasteiger partial charge on any atom is 0.159 e. The number of benzene rings is 2. The molecule has 2 N–H and O–H groups in total. The lowest BCUT2D eigenvalue weighted by atomic mass is 10.1. The monoisotopic (exact) mass is 342 g/mol. The number of aliphatic imine (C=N–C) groups is 1. The Morgan fingerprint density at radius 2 is 1.96 bits per heavy atom. The van der Waals surface area contributed by atoms with Gasteiger partial charge in [-0.15, -0.1) is 0 Å². The Kier molecular flexibility index (Phi) is 6.44. The number of rotatable bonds is 6. The van der Waals surface area contributed by atoms with Gasteiger partial charge >= 0.3 is 0 Å². The van der Waals surface area contributed by atoms with Crippen molar-refractivity contribution in [3.05, 3.63) is 65.2 Å². The molecule has 0 unspecified atom stereocenters. The molecular formula is C19H22N2O2S. The molecule has 0 saturated heterocycles. The fourth-order valence-corrected chi connectivity index (χ4v) is 3.06. The summed E-state index contributed by atoms with van der Waals surface area (Å²) in [6.07, 6.45) is 0. The summed E-state index contributed by atoms with van der Waals surface area (Å²) in [6, 6.07) is 15.5. The number of carbonyl (C=O) groups excluding carboxylic acids is 1. The third kappa shape index (κ3) is 4.86. The van der Waals surface area contributed by atoms with E-state index in [2.05, 4.69) is 4.99 Å². The van der Waals surface area contributed by atoms with Crippen molar-refractivity contribution >= 4 is 22.7 Å². The Hall–Kier alpha value is -2.27. The topological polar surface area (TPSA) is 64.7 Å². The summed E-state index contributed by atoms with van der Waals surface area (Å²) >= 11 is 1.44. The van der Waals surface area contributed by atoms with Gasteiger partial charge in [0, 0.05) is 16.9 Å². The quantitative estimate of drug-likeness (QED) is 0.485. The Balaban J connectivity index is 2.08. The van der Waals surface area contributed by atoms with Crippen LogP contribution in [0.15, 0.2) is 53.5 Å². The van der Waals surface area contributed by atoms with Gasteiger partial charge in [0.05, 0.1) is 13.2 Å². The van der Waals surface area contributed by atoms with Gasteiger partial charge < -0.3 is 10.5 Å². The molecule has 4 nitrogen and oxygen atoms in total. The van der Waals surface area contributed by atoms with Crippen LogP contribution in [-0.4, -0.2) is 18.1 Å². The first kappa shape index (κ1) is 18.1. The van der Waals surface area contributed by atoms with Crippen LogP contribution in [0.2, 0.25) is 0 Å². The van der Waals surface area contributed by atoms with E-state index in [1.807, 2.05) is 49.4 Å². The van der Waals surface area contributed by atoms with E-state index in [4.69, 9.17) is 10.5 Å². The van der Waals surface area contributed by atoms with Crippen molar-refractivity contribution in [2.45, 2.75) is 25.6 Å². The minimum Gasteiger partial charge on any atom is -0.496 e. The standard InChI is InChI=1S/C19H22N2O2S/c1-13(15-7-5-4-6-8-15)21-19(20)24-12-17-11-16(14(2)22)9-10-18(17)23-3/h4-11,13H,12H2,1-3H3,(H2,20,21)/t13-/m0/s1. The number of nitrogens with zero attached hydrogens (tertiary/aromatic N) is 1. The third-order valence-electron chi connectivity index (χ3n) is 3.67. The minimum absolute atomic E-state index is 0.00384. The van der Waals surface area contributed by atoms with Gasteiger partial charge in [0.2, 0.25) is 0 Å². The van der Waals surface area contributed by atoms with Gasteiger partial charge in [-0.25, -0.2) is 0 Å². The van der Waals surface area contributed by atoms with Crippen molar-refractivity contribution in [1.29, 1.82) is 0 Å². The highest BCUT2D eigenvalue weighted by Crippen LogP contribution is 2.26. The van der Waals surface area contributed by atoms with Gasteiger partial charge in [-0.05, 0) is 37.6 Å². The van der Waals surface area contributed by atoms with Gasteiger partial charge in [0.25, 0.3) is 0 Å². The molecule has 0 saturated carbocycles. The lowest BCUT2D eigenvalue weighted by molar-refractivity contribution is 0.101. The number of methoxy groups -OCH3 is 1. The summed E-state index contributed by atoms with van der Waals surface area (Å²) in [5, 5.41) is 0.515. The van der Waals surface area contributed by atoms with Crippen molar-refractivity contribution in [3.63, 3.8) is 0 Å². The number of ether oxygens (including phenoxy) is 1. The van der Waals surface area contributed by atoms with Crippen LogP contribution in [0.25, 0.3) is 0 Å². The van der Waals surface area contributed by atoms with Crippen LogP contribution in [0.4, 0.5) is 0 Å². The normalized spacial score (nSPS) is 12.7. The van der Waals surface area contributed by atoms with Gasteiger partial charge in [0.15, 0.2) is 11.0 Å². The molecule has 2 aromatic carbocycles. The van der Waals surface area contributed by atoms with Gasteiger partial charge in [0.1, 0.15) is 5.75 Å². The molecule has 0 aliphatic rings. The van der Waals surface area contributed by atoms with E-state index in [1.165, 1.54) is 11.8 Å². The highest BCUT2D eigenvalue weighted by molar-refractivity contribution is 8.13. The number of nitrogens with two attached hydrogens (primary N) is 1. The Labute approximate surface area is 147 Å². The van der Waals surface area contributed by atoms with E-state index in [9.17, 15) is 4.79 Å². The lowest BCUT2D eigenvalue weighted by Crippen LogP contribution is -2.09. The molecule has 0 bridgehead atoms. The summed E-state index contributed by atoms with van der Waals surface area (Å²) < 4.78 is 5.36. The number of carbonyl (C=O) groups is 1. The molecule has 2 rings (SSSR count). The number of ketones is 1. The Morgan fingerprint density at radius 3 is 2.58 bits per heavy atom. The Bertz CT molecular complexity index is 729.